The number of nitrogens with zero attached hydrogens (tertiary/aromatic N) is 3. The molecule has 0 aromatic heterocycles. The third kappa shape index (κ3) is 4.80. The zero-order valence-corrected chi connectivity index (χ0v) is 15.2. The zero-order chi connectivity index (χ0) is 19.1. The van der Waals surface area contributed by atoms with Gasteiger partial charge in [-0.15, -0.1) is 0 Å². The van der Waals surface area contributed by atoms with E-state index in [0.29, 0.717) is 0 Å². The Kier molecular flexibility index (Phi) is 6.68. The van der Waals surface area contributed by atoms with Gasteiger partial charge in [0.2, 0.25) is 0 Å². The van der Waals surface area contributed by atoms with Gasteiger partial charge in [0.1, 0.15) is 5.02 Å². The van der Waals surface area contributed by atoms with Crippen LogP contribution in [0, 0.1) is 10.1 Å². The van der Waals surface area contributed by atoms with Gasteiger partial charge in [-0.1, -0.05) is 23.7 Å². The molecule has 2 aromatic rings. The second kappa shape index (κ2) is 8.96. The SMILES string of the molecule is CCN(CC)c1ccc(C=NNC(=O)c2ccc(Cl)c([N+](=O)[O-])c2)cc1. The van der Waals surface area contributed by atoms with Crippen molar-refractivity contribution in [2.45, 2.75) is 13.8 Å². The Labute approximate surface area is 156 Å². The van der Waals surface area contributed by atoms with Gasteiger partial charge in [-0.3, -0.25) is 14.9 Å². The molecule has 0 saturated carbocycles. The number of hydrogen-bond donors (Lipinski definition) is 1. The van der Waals surface area contributed by atoms with Gasteiger partial charge in [0.25, 0.3) is 11.6 Å². The molecule has 0 heterocycles. The lowest BCUT2D eigenvalue weighted by molar-refractivity contribution is -0.384. The number of amides is 1. The Morgan fingerprint density at radius 2 is 1.88 bits per heavy atom. The van der Waals surface area contributed by atoms with Crippen LogP contribution in [0.2, 0.25) is 5.02 Å². The first-order chi connectivity index (χ1) is 12.5. The number of halogens is 1. The minimum Gasteiger partial charge on any atom is -0.372 e. The number of hydrazone groups is 1. The Morgan fingerprint density at radius 1 is 1.23 bits per heavy atom. The van der Waals surface area contributed by atoms with Gasteiger partial charge in [-0.2, -0.15) is 5.10 Å². The van der Waals surface area contributed by atoms with E-state index in [0.717, 1.165) is 30.4 Å². The van der Waals surface area contributed by atoms with E-state index in [1.54, 1.807) is 0 Å². The molecule has 0 aliphatic heterocycles. The summed E-state index contributed by atoms with van der Waals surface area (Å²) in [6.45, 7) is 6.03. The van der Waals surface area contributed by atoms with Crippen molar-refractivity contribution in [2.75, 3.05) is 18.0 Å². The van der Waals surface area contributed by atoms with Crippen molar-refractivity contribution >= 4 is 35.1 Å². The fourth-order valence-electron chi connectivity index (χ4n) is 2.38. The van der Waals surface area contributed by atoms with E-state index in [2.05, 4.69) is 29.3 Å². The molecule has 0 atom stereocenters. The fraction of sp³-hybridized carbons (Fsp3) is 0.222. The number of nitro benzene ring substituents is 1. The molecule has 26 heavy (non-hydrogen) atoms. The van der Waals surface area contributed by atoms with Crippen LogP contribution in [-0.2, 0) is 0 Å². The second-order valence-corrected chi connectivity index (χ2v) is 5.79. The fourth-order valence-corrected chi connectivity index (χ4v) is 2.57. The minimum atomic E-state index is -0.639. The van der Waals surface area contributed by atoms with Crippen LogP contribution in [0.4, 0.5) is 11.4 Å². The van der Waals surface area contributed by atoms with Crippen LogP contribution in [0.25, 0.3) is 0 Å². The zero-order valence-electron chi connectivity index (χ0n) is 14.5. The standard InChI is InChI=1S/C18H19ClN4O3/c1-3-22(4-2)15-8-5-13(6-9-15)12-20-21-18(24)14-7-10-16(19)17(11-14)23(25)26/h5-12H,3-4H2,1-2H3,(H,21,24). The van der Waals surface area contributed by atoms with Gasteiger partial charge in [-0.05, 0) is 43.7 Å². The van der Waals surface area contributed by atoms with Gasteiger partial charge in [0.05, 0.1) is 11.1 Å². The summed E-state index contributed by atoms with van der Waals surface area (Å²) in [5.41, 5.74) is 4.07. The Bertz CT molecular complexity index is 818. The summed E-state index contributed by atoms with van der Waals surface area (Å²) in [5.74, 6) is -0.555. The van der Waals surface area contributed by atoms with Crippen molar-refractivity contribution in [1.82, 2.24) is 5.43 Å². The highest BCUT2D eigenvalue weighted by Gasteiger charge is 2.15. The van der Waals surface area contributed by atoms with E-state index in [1.807, 2.05) is 24.3 Å². The molecular weight excluding hydrogens is 356 g/mol. The van der Waals surface area contributed by atoms with E-state index >= 15 is 0 Å². The van der Waals surface area contributed by atoms with Crippen LogP contribution in [-0.4, -0.2) is 30.1 Å². The molecule has 0 aliphatic rings. The number of nitro groups is 1. The van der Waals surface area contributed by atoms with Crippen LogP contribution in [0.15, 0.2) is 47.6 Å². The molecule has 0 fully saturated rings. The minimum absolute atomic E-state index is 0.0247. The highest BCUT2D eigenvalue weighted by molar-refractivity contribution is 6.32. The van der Waals surface area contributed by atoms with E-state index in [9.17, 15) is 14.9 Å². The van der Waals surface area contributed by atoms with Crippen LogP contribution in [0.1, 0.15) is 29.8 Å². The van der Waals surface area contributed by atoms with Crippen LogP contribution >= 0.6 is 11.6 Å². The van der Waals surface area contributed by atoms with Gasteiger partial charge in [0.15, 0.2) is 0 Å². The quantitative estimate of drug-likeness (QED) is 0.453. The Hall–Kier alpha value is -2.93. The van der Waals surface area contributed by atoms with E-state index in [-0.39, 0.29) is 16.3 Å². The lowest BCUT2D eigenvalue weighted by atomic mass is 10.2. The van der Waals surface area contributed by atoms with E-state index in [4.69, 9.17) is 11.6 Å². The first-order valence-corrected chi connectivity index (χ1v) is 8.46. The maximum atomic E-state index is 12.0. The molecule has 0 unspecified atom stereocenters. The number of anilines is 1. The predicted molar refractivity (Wildman–Crippen MR) is 103 cm³/mol. The number of carbonyl (C=O) groups excluding carboxylic acids is 1. The molecule has 2 rings (SSSR count). The van der Waals surface area contributed by atoms with E-state index < -0.39 is 10.8 Å². The number of benzene rings is 2. The van der Waals surface area contributed by atoms with E-state index in [1.165, 1.54) is 18.3 Å². The van der Waals surface area contributed by atoms with Crippen molar-refractivity contribution < 1.29 is 9.72 Å². The third-order valence-corrected chi connectivity index (χ3v) is 4.13. The molecule has 136 valence electrons. The maximum absolute atomic E-state index is 12.0. The predicted octanol–water partition coefficient (Wildman–Crippen LogP) is 3.86. The molecule has 0 spiro atoms. The molecular formula is C18H19ClN4O3. The summed E-state index contributed by atoms with van der Waals surface area (Å²) in [4.78, 5) is 24.5. The average molecular weight is 375 g/mol. The van der Waals surface area contributed by atoms with Gasteiger partial charge < -0.3 is 4.90 Å². The molecule has 7 nitrogen and oxygen atoms in total. The molecule has 1 N–H and O–H groups in total. The van der Waals surface area contributed by atoms with Crippen LogP contribution in [0.3, 0.4) is 0 Å². The Balaban J connectivity index is 2.03. The molecule has 0 saturated heterocycles. The average Bonchev–Trinajstić information content (AvgIpc) is 2.64. The number of hydrogen-bond acceptors (Lipinski definition) is 5. The lowest BCUT2D eigenvalue weighted by Crippen LogP contribution is -2.21. The molecule has 8 heteroatoms. The summed E-state index contributed by atoms with van der Waals surface area (Å²) in [5, 5.41) is 14.7. The highest BCUT2D eigenvalue weighted by Crippen LogP contribution is 2.25. The number of carbonyl (C=O) groups is 1. The lowest BCUT2D eigenvalue weighted by Gasteiger charge is -2.20. The van der Waals surface area contributed by atoms with Crippen LogP contribution in [0.5, 0.6) is 0 Å². The molecule has 0 aliphatic carbocycles. The first-order valence-electron chi connectivity index (χ1n) is 8.08. The first kappa shape index (κ1) is 19.4. The van der Waals surface area contributed by atoms with Crippen molar-refractivity contribution in [3.8, 4) is 0 Å². The smallest absolute Gasteiger partial charge is 0.288 e. The summed E-state index contributed by atoms with van der Waals surface area (Å²) in [7, 11) is 0. The monoisotopic (exact) mass is 374 g/mol. The largest absolute Gasteiger partial charge is 0.372 e. The van der Waals surface area contributed by atoms with Crippen molar-refractivity contribution in [3.05, 3.63) is 68.7 Å². The maximum Gasteiger partial charge on any atom is 0.288 e. The summed E-state index contributed by atoms with van der Waals surface area (Å²) in [6, 6.07) is 11.6. The second-order valence-electron chi connectivity index (χ2n) is 5.39. The van der Waals surface area contributed by atoms with Gasteiger partial charge in [-0.25, -0.2) is 5.43 Å². The number of nitrogens with one attached hydrogen (secondary N) is 1. The Morgan fingerprint density at radius 3 is 2.46 bits per heavy atom. The summed E-state index contributed by atoms with van der Waals surface area (Å²) >= 11 is 5.73. The van der Waals surface area contributed by atoms with Crippen molar-refractivity contribution in [3.63, 3.8) is 0 Å². The van der Waals surface area contributed by atoms with Gasteiger partial charge in [0, 0.05) is 30.4 Å². The normalized spacial score (nSPS) is 10.7. The van der Waals surface area contributed by atoms with Crippen LogP contribution < -0.4 is 10.3 Å². The number of rotatable bonds is 7. The molecule has 1 amide bonds. The summed E-state index contributed by atoms with van der Waals surface area (Å²) < 4.78 is 0. The van der Waals surface area contributed by atoms with Crippen molar-refractivity contribution in [2.24, 2.45) is 5.10 Å². The summed E-state index contributed by atoms with van der Waals surface area (Å²) in [6.07, 6.45) is 1.51. The molecule has 0 bridgehead atoms. The highest BCUT2D eigenvalue weighted by atomic mass is 35.5. The van der Waals surface area contributed by atoms with Gasteiger partial charge >= 0.3 is 0 Å². The molecule has 0 radical (unpaired) electrons. The third-order valence-electron chi connectivity index (χ3n) is 3.81. The topological polar surface area (TPSA) is 87.8 Å². The van der Waals surface area contributed by atoms with Crippen molar-refractivity contribution in [1.29, 1.82) is 0 Å². The molecule has 2 aromatic carbocycles.